The van der Waals surface area contributed by atoms with Gasteiger partial charge in [-0.25, -0.2) is 13.4 Å². The van der Waals surface area contributed by atoms with Crippen molar-refractivity contribution < 1.29 is 13.2 Å². The third-order valence-corrected chi connectivity index (χ3v) is 7.66. The molecular formula is C26H26N6O3S. The Labute approximate surface area is 209 Å². The topological polar surface area (TPSA) is 122 Å². The third kappa shape index (κ3) is 5.00. The van der Waals surface area contributed by atoms with Crippen molar-refractivity contribution in [1.82, 2.24) is 19.8 Å². The summed E-state index contributed by atoms with van der Waals surface area (Å²) in [6.07, 6.45) is 3.24. The number of nitrogens with one attached hydrogen (secondary N) is 1. The molecule has 0 aliphatic carbocycles. The first kappa shape index (κ1) is 23.7. The number of sulfonamides is 1. The predicted octanol–water partition coefficient (Wildman–Crippen LogP) is 2.97. The van der Waals surface area contributed by atoms with Gasteiger partial charge in [-0.3, -0.25) is 19.4 Å². The summed E-state index contributed by atoms with van der Waals surface area (Å²) >= 11 is 0. The van der Waals surface area contributed by atoms with Crippen LogP contribution in [0.25, 0.3) is 10.9 Å². The van der Waals surface area contributed by atoms with E-state index in [2.05, 4.69) is 19.6 Å². The Kier molecular flexibility index (Phi) is 6.53. The zero-order chi connectivity index (χ0) is 25.1. The summed E-state index contributed by atoms with van der Waals surface area (Å²) in [6, 6.07) is 18.9. The largest absolute Gasteiger partial charge is 0.383 e. The maximum absolute atomic E-state index is 13.0. The lowest BCUT2D eigenvalue weighted by atomic mass is 10.1. The highest BCUT2D eigenvalue weighted by Gasteiger charge is 2.23. The Morgan fingerprint density at radius 2 is 1.58 bits per heavy atom. The molecule has 1 saturated heterocycles. The molecule has 0 radical (unpaired) electrons. The van der Waals surface area contributed by atoms with Gasteiger partial charge in [-0.15, -0.1) is 0 Å². The van der Waals surface area contributed by atoms with Gasteiger partial charge in [0.25, 0.3) is 15.9 Å². The van der Waals surface area contributed by atoms with E-state index in [4.69, 9.17) is 5.73 Å². The lowest BCUT2D eigenvalue weighted by Crippen LogP contribution is -2.48. The molecule has 0 spiro atoms. The maximum Gasteiger partial charge on any atom is 0.264 e. The Morgan fingerprint density at radius 3 is 2.33 bits per heavy atom. The number of hydrogen-bond donors (Lipinski definition) is 2. The highest BCUT2D eigenvalue weighted by atomic mass is 32.2. The first-order valence-electron chi connectivity index (χ1n) is 11.6. The molecule has 0 atom stereocenters. The molecule has 0 saturated carbocycles. The minimum atomic E-state index is -3.86. The molecule has 1 aliphatic rings. The average molecular weight is 503 g/mol. The van der Waals surface area contributed by atoms with E-state index in [-0.39, 0.29) is 10.8 Å². The molecule has 3 N–H and O–H groups in total. The van der Waals surface area contributed by atoms with Gasteiger partial charge < -0.3 is 10.6 Å². The summed E-state index contributed by atoms with van der Waals surface area (Å²) in [5, 5.41) is 0.741. The van der Waals surface area contributed by atoms with E-state index >= 15 is 0 Å². The fourth-order valence-corrected chi connectivity index (χ4v) is 5.54. The van der Waals surface area contributed by atoms with Crippen LogP contribution in [0.2, 0.25) is 0 Å². The number of carbonyl (C=O) groups is 1. The van der Waals surface area contributed by atoms with Crippen LogP contribution in [0.3, 0.4) is 0 Å². The number of rotatable bonds is 6. The van der Waals surface area contributed by atoms with Gasteiger partial charge in [0, 0.05) is 67.3 Å². The first-order valence-corrected chi connectivity index (χ1v) is 13.1. The van der Waals surface area contributed by atoms with Crippen LogP contribution in [0, 0.1) is 0 Å². The van der Waals surface area contributed by atoms with Crippen LogP contribution in [0.1, 0.15) is 15.9 Å². The second kappa shape index (κ2) is 9.92. The van der Waals surface area contributed by atoms with Crippen molar-refractivity contribution in [2.75, 3.05) is 36.6 Å². The summed E-state index contributed by atoms with van der Waals surface area (Å²) in [5.74, 6) is 0.451. The summed E-state index contributed by atoms with van der Waals surface area (Å²) in [4.78, 5) is 25.5. The fourth-order valence-electron chi connectivity index (χ4n) is 4.30. The minimum absolute atomic E-state index is 0.0804. The summed E-state index contributed by atoms with van der Waals surface area (Å²) < 4.78 is 28.6. The number of anilines is 2. The molecule has 2 aromatic heterocycles. The van der Waals surface area contributed by atoms with Crippen LogP contribution in [0.5, 0.6) is 0 Å². The van der Waals surface area contributed by atoms with E-state index in [1.807, 2.05) is 29.2 Å². The molecule has 184 valence electrons. The second-order valence-electron chi connectivity index (χ2n) is 8.63. The molecule has 5 rings (SSSR count). The van der Waals surface area contributed by atoms with Crippen LogP contribution >= 0.6 is 0 Å². The molecule has 1 aliphatic heterocycles. The van der Waals surface area contributed by atoms with Gasteiger partial charge >= 0.3 is 0 Å². The minimum Gasteiger partial charge on any atom is -0.383 e. The Hall–Kier alpha value is -4.02. The van der Waals surface area contributed by atoms with Gasteiger partial charge in [0.1, 0.15) is 10.7 Å². The number of nitrogens with two attached hydrogens (primary N) is 1. The third-order valence-electron chi connectivity index (χ3n) is 6.25. The Balaban J connectivity index is 1.22. The number of para-hydroxylation sites is 1. The van der Waals surface area contributed by atoms with Gasteiger partial charge in [0.15, 0.2) is 0 Å². The van der Waals surface area contributed by atoms with Crippen molar-refractivity contribution in [3.8, 4) is 0 Å². The molecule has 1 fully saturated rings. The molecule has 0 bridgehead atoms. The van der Waals surface area contributed by atoms with Crippen LogP contribution in [0.4, 0.5) is 11.5 Å². The van der Waals surface area contributed by atoms with Crippen LogP contribution in [-0.4, -0.2) is 60.3 Å². The van der Waals surface area contributed by atoms with Gasteiger partial charge in [-0.1, -0.05) is 24.3 Å². The number of aromatic nitrogens is 2. The highest BCUT2D eigenvalue weighted by Crippen LogP contribution is 2.24. The standard InChI is InChI=1S/C26H26N6O3S/c27-25-21(6-3-13-29-25)18-31-14-16-32(17-15-31)26(33)20-8-10-22(11-9-20)30-36(34,35)23-7-1-4-19-5-2-12-28-24(19)23/h1-13,30H,14-18H2,(H2,27,29). The zero-order valence-corrected chi connectivity index (χ0v) is 20.4. The van der Waals surface area contributed by atoms with Crippen LogP contribution < -0.4 is 10.5 Å². The number of pyridine rings is 2. The van der Waals surface area contributed by atoms with E-state index in [0.717, 1.165) is 24.0 Å². The van der Waals surface area contributed by atoms with Gasteiger partial charge in [-0.2, -0.15) is 0 Å². The lowest BCUT2D eigenvalue weighted by molar-refractivity contribution is 0.0628. The van der Waals surface area contributed by atoms with Crippen LogP contribution in [0.15, 0.2) is 84.0 Å². The van der Waals surface area contributed by atoms with Crippen LogP contribution in [-0.2, 0) is 16.6 Å². The summed E-state index contributed by atoms with van der Waals surface area (Å²) in [6.45, 7) is 3.36. The zero-order valence-electron chi connectivity index (χ0n) is 19.5. The lowest BCUT2D eigenvalue weighted by Gasteiger charge is -2.35. The van der Waals surface area contributed by atoms with E-state index in [9.17, 15) is 13.2 Å². The monoisotopic (exact) mass is 502 g/mol. The molecule has 1 amide bonds. The molecule has 9 nitrogen and oxygen atoms in total. The van der Waals surface area contributed by atoms with E-state index in [1.54, 1.807) is 48.8 Å². The number of fused-ring (bicyclic) bond motifs is 1. The molecule has 4 aromatic rings. The van der Waals surface area contributed by atoms with Crippen molar-refractivity contribution in [3.05, 3.63) is 90.3 Å². The summed E-state index contributed by atoms with van der Waals surface area (Å²) in [5.41, 5.74) is 8.22. The SMILES string of the molecule is Nc1ncccc1CN1CCN(C(=O)c2ccc(NS(=O)(=O)c3cccc4cccnc34)cc2)CC1. The number of hydrogen-bond acceptors (Lipinski definition) is 7. The fraction of sp³-hybridized carbons (Fsp3) is 0.192. The normalized spacial score (nSPS) is 14.6. The van der Waals surface area contributed by atoms with E-state index < -0.39 is 10.0 Å². The van der Waals surface area contributed by atoms with Gasteiger partial charge in [0.05, 0.1) is 5.52 Å². The molecule has 10 heteroatoms. The van der Waals surface area contributed by atoms with E-state index in [0.29, 0.717) is 42.2 Å². The smallest absolute Gasteiger partial charge is 0.264 e. The van der Waals surface area contributed by atoms with Crippen molar-refractivity contribution >= 4 is 38.3 Å². The number of carbonyl (C=O) groups excluding carboxylic acids is 1. The number of nitrogen functional groups attached to an aromatic ring is 1. The average Bonchev–Trinajstić information content (AvgIpc) is 2.90. The molecule has 3 heterocycles. The Morgan fingerprint density at radius 1 is 0.889 bits per heavy atom. The van der Waals surface area contributed by atoms with Crippen molar-refractivity contribution in [3.63, 3.8) is 0 Å². The highest BCUT2D eigenvalue weighted by molar-refractivity contribution is 7.93. The molecular weight excluding hydrogens is 476 g/mol. The second-order valence-corrected chi connectivity index (χ2v) is 10.3. The van der Waals surface area contributed by atoms with Gasteiger partial charge in [-0.05, 0) is 42.5 Å². The van der Waals surface area contributed by atoms with Crippen molar-refractivity contribution in [2.24, 2.45) is 0 Å². The number of nitrogens with zero attached hydrogens (tertiary/aromatic N) is 4. The van der Waals surface area contributed by atoms with Crippen molar-refractivity contribution in [1.29, 1.82) is 0 Å². The summed E-state index contributed by atoms with van der Waals surface area (Å²) in [7, 11) is -3.86. The predicted molar refractivity (Wildman–Crippen MR) is 139 cm³/mol. The molecule has 0 unspecified atom stereocenters. The maximum atomic E-state index is 13.0. The van der Waals surface area contributed by atoms with Crippen molar-refractivity contribution in [2.45, 2.75) is 11.4 Å². The number of piperazine rings is 1. The quantitative estimate of drug-likeness (QED) is 0.416. The number of benzene rings is 2. The molecule has 36 heavy (non-hydrogen) atoms. The molecule has 2 aromatic carbocycles. The van der Waals surface area contributed by atoms with Gasteiger partial charge in [0.2, 0.25) is 0 Å². The van der Waals surface area contributed by atoms with E-state index in [1.165, 1.54) is 6.07 Å². The Bertz CT molecular complexity index is 1490. The first-order chi connectivity index (χ1) is 17.4. The number of amides is 1.